The molecule has 2 nitrogen and oxygen atoms in total. The summed E-state index contributed by atoms with van der Waals surface area (Å²) in [6, 6.07) is 8.01. The fraction of sp³-hybridized carbons (Fsp3) is 0.417. The van der Waals surface area contributed by atoms with Gasteiger partial charge < -0.3 is 0 Å². The van der Waals surface area contributed by atoms with Crippen LogP contribution in [0.1, 0.15) is 22.3 Å². The smallest absolute Gasteiger partial charge is 0.180 e. The van der Waals surface area contributed by atoms with Gasteiger partial charge in [-0.05, 0) is 32.5 Å². The Morgan fingerprint density at radius 2 is 2.00 bits per heavy atom. The van der Waals surface area contributed by atoms with Crippen LogP contribution in [-0.4, -0.2) is 30.8 Å². The van der Waals surface area contributed by atoms with E-state index in [1.165, 1.54) is 5.56 Å². The molecular formula is C12H15NO. The molecule has 0 saturated carbocycles. The van der Waals surface area contributed by atoms with Crippen LogP contribution < -0.4 is 0 Å². The Bertz CT molecular complexity index is 357. The van der Waals surface area contributed by atoms with Crippen molar-refractivity contribution in [2.75, 3.05) is 14.1 Å². The van der Waals surface area contributed by atoms with Crippen molar-refractivity contribution in [3.8, 4) is 0 Å². The number of aryl methyl sites for hydroxylation is 1. The van der Waals surface area contributed by atoms with Crippen LogP contribution in [0.15, 0.2) is 24.3 Å². The van der Waals surface area contributed by atoms with Crippen LogP contribution in [0.4, 0.5) is 0 Å². The Balaban J connectivity index is 2.37. The minimum Gasteiger partial charge on any atom is -0.299 e. The summed E-state index contributed by atoms with van der Waals surface area (Å²) in [5.41, 5.74) is 2.12. The lowest BCUT2D eigenvalue weighted by molar-refractivity contribution is 0.0853. The molecule has 74 valence electrons. The Kier molecular flexibility index (Phi) is 2.38. The van der Waals surface area contributed by atoms with Crippen molar-refractivity contribution in [2.24, 2.45) is 0 Å². The first-order valence-corrected chi connectivity index (χ1v) is 4.98. The van der Waals surface area contributed by atoms with E-state index < -0.39 is 0 Å². The van der Waals surface area contributed by atoms with E-state index in [0.29, 0.717) is 0 Å². The second kappa shape index (κ2) is 3.54. The highest BCUT2D eigenvalue weighted by Gasteiger charge is 2.27. The van der Waals surface area contributed by atoms with Gasteiger partial charge >= 0.3 is 0 Å². The van der Waals surface area contributed by atoms with Crippen LogP contribution in [0.2, 0.25) is 0 Å². The van der Waals surface area contributed by atoms with Crippen molar-refractivity contribution in [2.45, 2.75) is 18.9 Å². The highest BCUT2D eigenvalue weighted by atomic mass is 16.1. The number of carbonyl (C=O) groups excluding carboxylic acids is 1. The van der Waals surface area contributed by atoms with E-state index in [0.717, 1.165) is 18.4 Å². The predicted molar refractivity (Wildman–Crippen MR) is 56.6 cm³/mol. The Hall–Kier alpha value is -1.15. The normalized spacial score (nSPS) is 21.1. The van der Waals surface area contributed by atoms with Crippen molar-refractivity contribution in [3.63, 3.8) is 0 Å². The molecule has 1 aliphatic carbocycles. The first-order valence-electron chi connectivity index (χ1n) is 4.98. The number of benzene rings is 1. The van der Waals surface area contributed by atoms with E-state index in [4.69, 9.17) is 0 Å². The van der Waals surface area contributed by atoms with Gasteiger partial charge in [-0.3, -0.25) is 9.69 Å². The molecule has 0 N–H and O–H groups in total. The molecule has 0 spiro atoms. The van der Waals surface area contributed by atoms with E-state index in [1.54, 1.807) is 0 Å². The minimum absolute atomic E-state index is 0.0740. The second-order valence-corrected chi connectivity index (χ2v) is 4.04. The molecule has 2 rings (SSSR count). The zero-order valence-electron chi connectivity index (χ0n) is 8.66. The van der Waals surface area contributed by atoms with Crippen LogP contribution >= 0.6 is 0 Å². The maximum Gasteiger partial charge on any atom is 0.180 e. The van der Waals surface area contributed by atoms with Crippen molar-refractivity contribution >= 4 is 5.78 Å². The molecule has 14 heavy (non-hydrogen) atoms. The highest BCUT2D eigenvalue weighted by molar-refractivity contribution is 6.02. The number of ketones is 1. The van der Waals surface area contributed by atoms with Gasteiger partial charge in [-0.2, -0.15) is 0 Å². The minimum atomic E-state index is 0.0740. The number of likely N-dealkylation sites (N-methyl/N-ethyl adjacent to an activating group) is 1. The molecule has 0 aliphatic heterocycles. The average Bonchev–Trinajstić information content (AvgIpc) is 2.18. The summed E-state index contributed by atoms with van der Waals surface area (Å²) in [6.45, 7) is 0. The van der Waals surface area contributed by atoms with E-state index in [9.17, 15) is 4.79 Å². The number of carbonyl (C=O) groups is 1. The number of Topliss-reactive ketones (excluding diaryl/α,β-unsaturated/α-hetero) is 1. The molecule has 0 bridgehead atoms. The predicted octanol–water partition coefficient (Wildman–Crippen LogP) is 1.75. The van der Waals surface area contributed by atoms with Gasteiger partial charge in [0.25, 0.3) is 0 Å². The largest absolute Gasteiger partial charge is 0.299 e. The van der Waals surface area contributed by atoms with E-state index in [-0.39, 0.29) is 11.8 Å². The molecule has 0 radical (unpaired) electrons. The zero-order valence-corrected chi connectivity index (χ0v) is 8.66. The molecule has 0 heterocycles. The standard InChI is InChI=1S/C12H15NO/c1-13(2)11-8-7-9-5-3-4-6-10(9)12(11)14/h3-6,11H,7-8H2,1-2H3. The van der Waals surface area contributed by atoms with Gasteiger partial charge in [-0.15, -0.1) is 0 Å². The molecule has 1 aromatic carbocycles. The monoisotopic (exact) mass is 189 g/mol. The molecule has 0 saturated heterocycles. The summed E-state index contributed by atoms with van der Waals surface area (Å²) in [5.74, 6) is 0.275. The lowest BCUT2D eigenvalue weighted by Gasteiger charge is -2.28. The molecule has 0 fully saturated rings. The summed E-state index contributed by atoms with van der Waals surface area (Å²) >= 11 is 0. The Morgan fingerprint density at radius 3 is 2.71 bits per heavy atom. The van der Waals surface area contributed by atoms with Gasteiger partial charge in [0.2, 0.25) is 0 Å². The van der Waals surface area contributed by atoms with Crippen LogP contribution in [0.5, 0.6) is 0 Å². The Morgan fingerprint density at radius 1 is 1.29 bits per heavy atom. The molecule has 0 amide bonds. The number of hydrogen-bond donors (Lipinski definition) is 0. The van der Waals surface area contributed by atoms with Crippen molar-refractivity contribution in [1.29, 1.82) is 0 Å². The molecule has 0 aromatic heterocycles. The quantitative estimate of drug-likeness (QED) is 0.670. The first-order chi connectivity index (χ1) is 6.70. The first kappa shape index (κ1) is 9.41. The third-order valence-corrected chi connectivity index (χ3v) is 2.90. The molecule has 1 unspecified atom stereocenters. The van der Waals surface area contributed by atoms with E-state index in [1.807, 2.05) is 37.2 Å². The van der Waals surface area contributed by atoms with Crippen molar-refractivity contribution < 1.29 is 4.79 Å². The SMILES string of the molecule is CN(C)C1CCc2ccccc2C1=O. The zero-order chi connectivity index (χ0) is 10.1. The van der Waals surface area contributed by atoms with Gasteiger partial charge in [0.1, 0.15) is 0 Å². The topological polar surface area (TPSA) is 20.3 Å². The van der Waals surface area contributed by atoms with Crippen LogP contribution in [0.25, 0.3) is 0 Å². The summed E-state index contributed by atoms with van der Waals surface area (Å²) in [7, 11) is 3.94. The third kappa shape index (κ3) is 1.46. The van der Waals surface area contributed by atoms with E-state index in [2.05, 4.69) is 6.07 Å². The molecular weight excluding hydrogens is 174 g/mol. The summed E-state index contributed by atoms with van der Waals surface area (Å²) in [6.07, 6.45) is 1.97. The summed E-state index contributed by atoms with van der Waals surface area (Å²) < 4.78 is 0. The highest BCUT2D eigenvalue weighted by Crippen LogP contribution is 2.23. The van der Waals surface area contributed by atoms with Crippen molar-refractivity contribution in [1.82, 2.24) is 4.90 Å². The summed E-state index contributed by atoms with van der Waals surface area (Å²) in [4.78, 5) is 14.0. The van der Waals surface area contributed by atoms with Gasteiger partial charge in [0.15, 0.2) is 5.78 Å². The molecule has 1 aliphatic rings. The van der Waals surface area contributed by atoms with Gasteiger partial charge in [0.05, 0.1) is 6.04 Å². The number of fused-ring (bicyclic) bond motifs is 1. The third-order valence-electron chi connectivity index (χ3n) is 2.90. The maximum atomic E-state index is 12.0. The number of rotatable bonds is 1. The van der Waals surface area contributed by atoms with Crippen LogP contribution in [-0.2, 0) is 6.42 Å². The summed E-state index contributed by atoms with van der Waals surface area (Å²) in [5, 5.41) is 0. The fourth-order valence-corrected chi connectivity index (χ4v) is 2.07. The van der Waals surface area contributed by atoms with E-state index >= 15 is 0 Å². The van der Waals surface area contributed by atoms with Gasteiger partial charge in [-0.25, -0.2) is 0 Å². The number of hydrogen-bond acceptors (Lipinski definition) is 2. The average molecular weight is 189 g/mol. The second-order valence-electron chi connectivity index (χ2n) is 4.04. The Labute approximate surface area is 84.5 Å². The maximum absolute atomic E-state index is 12.0. The van der Waals surface area contributed by atoms with Crippen LogP contribution in [0, 0.1) is 0 Å². The van der Waals surface area contributed by atoms with Crippen molar-refractivity contribution in [3.05, 3.63) is 35.4 Å². The van der Waals surface area contributed by atoms with Gasteiger partial charge in [0, 0.05) is 5.56 Å². The lowest BCUT2D eigenvalue weighted by atomic mass is 9.87. The fourth-order valence-electron chi connectivity index (χ4n) is 2.07. The number of nitrogens with zero attached hydrogens (tertiary/aromatic N) is 1. The van der Waals surface area contributed by atoms with Crippen LogP contribution in [0.3, 0.4) is 0 Å². The molecule has 1 atom stereocenters. The molecule has 2 heteroatoms. The van der Waals surface area contributed by atoms with Gasteiger partial charge in [-0.1, -0.05) is 24.3 Å². The lowest BCUT2D eigenvalue weighted by Crippen LogP contribution is -2.39. The molecule has 1 aromatic rings.